The molecule has 1 aromatic carbocycles. The molecule has 1 rings (SSSR count). The van der Waals surface area contributed by atoms with E-state index < -0.39 is 0 Å². The van der Waals surface area contributed by atoms with Crippen LogP contribution in [0.25, 0.3) is 0 Å². The van der Waals surface area contributed by atoms with Crippen molar-refractivity contribution in [1.82, 2.24) is 5.32 Å². The smallest absolute Gasteiger partial charge is 0.0675 e. The molecule has 1 unspecified atom stereocenters. The molecule has 0 amide bonds. The summed E-state index contributed by atoms with van der Waals surface area (Å²) >= 11 is 0. The van der Waals surface area contributed by atoms with Gasteiger partial charge in [0.1, 0.15) is 0 Å². The molecule has 100 valence electrons. The molecule has 0 aliphatic heterocycles. The molecule has 0 saturated heterocycles. The van der Waals surface area contributed by atoms with Crippen LogP contribution in [0.3, 0.4) is 0 Å². The molecule has 0 radical (unpaired) electrons. The van der Waals surface area contributed by atoms with Crippen molar-refractivity contribution in [1.29, 1.82) is 0 Å². The van der Waals surface area contributed by atoms with Crippen LogP contribution in [0.1, 0.15) is 29.2 Å². The lowest BCUT2D eigenvalue weighted by molar-refractivity contribution is 0.0877. The van der Waals surface area contributed by atoms with Crippen molar-refractivity contribution in [2.24, 2.45) is 0 Å². The highest BCUT2D eigenvalue weighted by molar-refractivity contribution is 5.36. The van der Waals surface area contributed by atoms with E-state index in [1.165, 1.54) is 22.3 Å². The maximum atomic E-state index is 5.52. The lowest BCUT2D eigenvalue weighted by atomic mass is 10.0. The lowest BCUT2D eigenvalue weighted by Gasteiger charge is -2.14. The third-order valence-electron chi connectivity index (χ3n) is 3.20. The fourth-order valence-corrected chi connectivity index (χ4v) is 1.91. The van der Waals surface area contributed by atoms with Crippen LogP contribution in [0.2, 0.25) is 0 Å². The number of nitrogens with one attached hydrogen (secondary N) is 1. The average Bonchev–Trinajstić information content (AvgIpc) is 2.33. The van der Waals surface area contributed by atoms with Gasteiger partial charge in [0.2, 0.25) is 0 Å². The zero-order chi connectivity index (χ0) is 13.5. The number of benzene rings is 1. The molecule has 1 atom stereocenters. The van der Waals surface area contributed by atoms with E-state index in [-0.39, 0.29) is 6.10 Å². The highest BCUT2D eigenvalue weighted by atomic mass is 16.5. The van der Waals surface area contributed by atoms with Gasteiger partial charge in [0.15, 0.2) is 0 Å². The molecule has 0 bridgehead atoms. The van der Waals surface area contributed by atoms with Gasteiger partial charge in [-0.3, -0.25) is 0 Å². The first-order chi connectivity index (χ1) is 8.54. The van der Waals surface area contributed by atoms with Gasteiger partial charge in [-0.2, -0.15) is 0 Å². The van der Waals surface area contributed by atoms with E-state index >= 15 is 0 Å². The molecule has 0 aromatic heterocycles. The predicted molar refractivity (Wildman–Crippen MR) is 78.0 cm³/mol. The van der Waals surface area contributed by atoms with Gasteiger partial charge in [-0.05, 0) is 49.9 Å². The summed E-state index contributed by atoms with van der Waals surface area (Å²) in [5.74, 6) is 0. The Morgan fingerprint density at radius 1 is 1.22 bits per heavy atom. The Balaban J connectivity index is 2.44. The van der Waals surface area contributed by atoms with Crippen molar-refractivity contribution < 1.29 is 4.74 Å². The summed E-state index contributed by atoms with van der Waals surface area (Å²) in [6.07, 6.45) is 2.00. The Kier molecular flexibility index (Phi) is 6.10. The SMILES string of the molecule is C=CCOC(C)CNCc1cc(C)c(C)cc1C. The van der Waals surface area contributed by atoms with E-state index in [9.17, 15) is 0 Å². The topological polar surface area (TPSA) is 21.3 Å². The van der Waals surface area contributed by atoms with Gasteiger partial charge in [0.25, 0.3) is 0 Å². The zero-order valence-electron chi connectivity index (χ0n) is 12.0. The van der Waals surface area contributed by atoms with E-state index in [0.717, 1.165) is 13.1 Å². The van der Waals surface area contributed by atoms with E-state index in [1.807, 2.05) is 0 Å². The van der Waals surface area contributed by atoms with Gasteiger partial charge in [-0.25, -0.2) is 0 Å². The molecule has 0 saturated carbocycles. The molecule has 0 spiro atoms. The van der Waals surface area contributed by atoms with Crippen molar-refractivity contribution in [2.45, 2.75) is 40.3 Å². The minimum atomic E-state index is 0.217. The van der Waals surface area contributed by atoms with Gasteiger partial charge < -0.3 is 10.1 Å². The first-order valence-corrected chi connectivity index (χ1v) is 6.54. The second-order valence-electron chi connectivity index (χ2n) is 4.93. The van der Waals surface area contributed by atoms with Gasteiger partial charge >= 0.3 is 0 Å². The molecule has 0 fully saturated rings. The first-order valence-electron chi connectivity index (χ1n) is 6.54. The molecule has 2 nitrogen and oxygen atoms in total. The maximum Gasteiger partial charge on any atom is 0.0675 e. The molecule has 0 aliphatic carbocycles. The summed E-state index contributed by atoms with van der Waals surface area (Å²) in [5.41, 5.74) is 5.44. The van der Waals surface area contributed by atoms with Crippen LogP contribution in [0.5, 0.6) is 0 Å². The summed E-state index contributed by atoms with van der Waals surface area (Å²) in [6, 6.07) is 4.52. The van der Waals surface area contributed by atoms with Crippen LogP contribution in [-0.4, -0.2) is 19.3 Å². The monoisotopic (exact) mass is 247 g/mol. The summed E-state index contributed by atoms with van der Waals surface area (Å²) in [4.78, 5) is 0. The van der Waals surface area contributed by atoms with Crippen LogP contribution in [-0.2, 0) is 11.3 Å². The molecular weight excluding hydrogens is 222 g/mol. The molecule has 2 heteroatoms. The Hall–Kier alpha value is -1.12. The minimum absolute atomic E-state index is 0.217. The van der Waals surface area contributed by atoms with E-state index in [0.29, 0.717) is 6.61 Å². The Morgan fingerprint density at radius 3 is 2.56 bits per heavy atom. The summed E-state index contributed by atoms with van der Waals surface area (Å²) < 4.78 is 5.52. The Morgan fingerprint density at radius 2 is 1.89 bits per heavy atom. The number of rotatable bonds is 7. The van der Waals surface area contributed by atoms with Gasteiger partial charge in [-0.15, -0.1) is 6.58 Å². The van der Waals surface area contributed by atoms with Gasteiger partial charge in [0, 0.05) is 13.1 Å². The fourth-order valence-electron chi connectivity index (χ4n) is 1.91. The van der Waals surface area contributed by atoms with Crippen LogP contribution >= 0.6 is 0 Å². The maximum absolute atomic E-state index is 5.52. The molecule has 1 N–H and O–H groups in total. The second kappa shape index (κ2) is 7.34. The summed E-state index contributed by atoms with van der Waals surface area (Å²) in [7, 11) is 0. The molecule has 0 aliphatic rings. The standard InChI is InChI=1S/C16H25NO/c1-6-7-18-15(5)10-17-11-16-9-13(3)12(2)8-14(16)4/h6,8-9,15,17H,1,7,10-11H2,2-5H3. The normalized spacial score (nSPS) is 12.4. The molecule has 18 heavy (non-hydrogen) atoms. The van der Waals surface area contributed by atoms with Crippen LogP contribution in [0.15, 0.2) is 24.8 Å². The zero-order valence-corrected chi connectivity index (χ0v) is 12.0. The fraction of sp³-hybridized carbons (Fsp3) is 0.500. The lowest BCUT2D eigenvalue weighted by Crippen LogP contribution is -2.26. The molecular formula is C16H25NO. The van der Waals surface area contributed by atoms with Crippen molar-refractivity contribution in [3.05, 3.63) is 47.0 Å². The third kappa shape index (κ3) is 4.63. The van der Waals surface area contributed by atoms with Crippen LogP contribution in [0.4, 0.5) is 0 Å². The predicted octanol–water partition coefficient (Wildman–Crippen LogP) is 3.29. The summed E-state index contributed by atoms with van der Waals surface area (Å²) in [6.45, 7) is 14.6. The first kappa shape index (κ1) is 14.9. The number of hydrogen-bond donors (Lipinski definition) is 1. The van der Waals surface area contributed by atoms with E-state index in [1.54, 1.807) is 6.08 Å². The quantitative estimate of drug-likeness (QED) is 0.747. The average molecular weight is 247 g/mol. The second-order valence-corrected chi connectivity index (χ2v) is 4.93. The van der Waals surface area contributed by atoms with Crippen molar-refractivity contribution >= 4 is 0 Å². The highest BCUT2D eigenvalue weighted by Crippen LogP contribution is 2.15. The summed E-state index contributed by atoms with van der Waals surface area (Å²) in [5, 5.41) is 3.44. The molecule has 1 aromatic rings. The van der Waals surface area contributed by atoms with E-state index in [4.69, 9.17) is 4.74 Å². The highest BCUT2D eigenvalue weighted by Gasteiger charge is 2.04. The number of ether oxygens (including phenoxy) is 1. The van der Waals surface area contributed by atoms with Gasteiger partial charge in [0.05, 0.1) is 12.7 Å². The largest absolute Gasteiger partial charge is 0.373 e. The van der Waals surface area contributed by atoms with Crippen LogP contribution in [0, 0.1) is 20.8 Å². The van der Waals surface area contributed by atoms with Crippen molar-refractivity contribution in [3.8, 4) is 0 Å². The minimum Gasteiger partial charge on any atom is -0.373 e. The third-order valence-corrected chi connectivity index (χ3v) is 3.20. The Bertz CT molecular complexity index is 398. The van der Waals surface area contributed by atoms with E-state index in [2.05, 4.69) is 51.7 Å². The number of aryl methyl sites for hydroxylation is 3. The van der Waals surface area contributed by atoms with Gasteiger partial charge in [-0.1, -0.05) is 18.2 Å². The Labute approximate surface area is 111 Å². The van der Waals surface area contributed by atoms with Crippen LogP contribution < -0.4 is 5.32 Å². The number of hydrogen-bond acceptors (Lipinski definition) is 2. The molecule has 0 heterocycles. The van der Waals surface area contributed by atoms with Crippen molar-refractivity contribution in [3.63, 3.8) is 0 Å². The van der Waals surface area contributed by atoms with Crippen molar-refractivity contribution in [2.75, 3.05) is 13.2 Å².